The van der Waals surface area contributed by atoms with Crippen LogP contribution < -0.4 is 10.6 Å². The fourth-order valence-corrected chi connectivity index (χ4v) is 5.80. The second kappa shape index (κ2) is 11.5. The Bertz CT molecular complexity index is 1350. The van der Waals surface area contributed by atoms with Crippen LogP contribution in [0.4, 0.5) is 5.69 Å². The number of likely N-dealkylation sites (tertiary alicyclic amines) is 1. The summed E-state index contributed by atoms with van der Waals surface area (Å²) in [5, 5.41) is 18.1. The van der Waals surface area contributed by atoms with E-state index < -0.39 is 5.91 Å². The monoisotopic (exact) mass is 504 g/mol. The van der Waals surface area contributed by atoms with Crippen LogP contribution in [-0.2, 0) is 6.54 Å². The van der Waals surface area contributed by atoms with Gasteiger partial charge in [-0.3, -0.25) is 14.7 Å². The summed E-state index contributed by atoms with van der Waals surface area (Å²) in [7, 11) is 0. The number of carbonyl (C=O) groups excluding carboxylic acids is 1. The number of hydrogen-bond donors (Lipinski definition) is 1. The molecule has 38 heavy (non-hydrogen) atoms. The summed E-state index contributed by atoms with van der Waals surface area (Å²) in [5.41, 5.74) is 12.1. The van der Waals surface area contributed by atoms with Crippen molar-refractivity contribution >= 4 is 11.6 Å². The predicted octanol–water partition coefficient (Wildman–Crippen LogP) is 4.69. The van der Waals surface area contributed by atoms with Gasteiger partial charge in [0, 0.05) is 31.5 Å². The van der Waals surface area contributed by atoms with Gasteiger partial charge in [0.05, 0.1) is 23.3 Å². The molecule has 2 aliphatic heterocycles. The van der Waals surface area contributed by atoms with Crippen LogP contribution in [-0.4, -0.2) is 42.0 Å². The smallest absolute Gasteiger partial charge is 0.267 e. The van der Waals surface area contributed by atoms with Gasteiger partial charge in [-0.25, -0.2) is 0 Å². The van der Waals surface area contributed by atoms with Gasteiger partial charge in [-0.15, -0.1) is 0 Å². The first-order chi connectivity index (χ1) is 18.5. The Morgan fingerprint density at radius 2 is 1.45 bits per heavy atom. The van der Waals surface area contributed by atoms with E-state index in [1.54, 1.807) is 0 Å². The molecule has 0 saturated carbocycles. The normalized spacial score (nSPS) is 17.1. The van der Waals surface area contributed by atoms with Crippen LogP contribution in [0.5, 0.6) is 0 Å². The number of nitrogens with two attached hydrogens (primary N) is 1. The minimum absolute atomic E-state index is 0.265. The lowest BCUT2D eigenvalue weighted by Crippen LogP contribution is -2.34. The van der Waals surface area contributed by atoms with E-state index >= 15 is 0 Å². The number of piperidine rings is 2. The summed E-state index contributed by atoms with van der Waals surface area (Å²) in [6.07, 6.45) is 5.80. The minimum Gasteiger partial charge on any atom is -0.371 e. The third kappa shape index (κ3) is 5.69. The van der Waals surface area contributed by atoms with E-state index in [0.717, 1.165) is 69.7 Å². The molecule has 0 radical (unpaired) electrons. The van der Waals surface area contributed by atoms with Gasteiger partial charge in [0.15, 0.2) is 0 Å². The molecular weight excluding hydrogens is 472 g/mol. The first kappa shape index (κ1) is 25.4. The first-order valence-electron chi connectivity index (χ1n) is 13.3. The van der Waals surface area contributed by atoms with E-state index in [-0.39, 0.29) is 5.92 Å². The summed E-state index contributed by atoms with van der Waals surface area (Å²) in [4.78, 5) is 21.6. The summed E-state index contributed by atoms with van der Waals surface area (Å²) >= 11 is 0. The summed E-state index contributed by atoms with van der Waals surface area (Å²) in [5.74, 6) is 0.206. The number of nitrogens with zero attached hydrogens (tertiary/aromatic N) is 5. The number of aromatic nitrogens is 1. The van der Waals surface area contributed by atoms with E-state index in [9.17, 15) is 4.79 Å². The molecule has 5 rings (SSSR count). The van der Waals surface area contributed by atoms with Crippen molar-refractivity contribution < 1.29 is 4.79 Å². The SMILES string of the molecule is N#Cc1ccc(CN2CCC(c3cc(C4CCN(c5ccc(C#N)cc5)CC4)cnc3C(N)=O)CC2)cc1. The Hall–Kier alpha value is -4.20. The van der Waals surface area contributed by atoms with Crippen LogP contribution in [0.3, 0.4) is 0 Å². The zero-order valence-corrected chi connectivity index (χ0v) is 21.5. The maximum atomic E-state index is 12.3. The Morgan fingerprint density at radius 3 is 2.03 bits per heavy atom. The molecule has 7 nitrogen and oxygen atoms in total. The van der Waals surface area contributed by atoms with Gasteiger partial charge in [-0.1, -0.05) is 18.2 Å². The first-order valence-corrected chi connectivity index (χ1v) is 13.3. The molecule has 2 N–H and O–H groups in total. The van der Waals surface area contributed by atoms with Crippen LogP contribution in [0.2, 0.25) is 0 Å². The van der Waals surface area contributed by atoms with Gasteiger partial charge in [0.25, 0.3) is 5.91 Å². The molecule has 2 aliphatic rings. The molecule has 7 heteroatoms. The number of pyridine rings is 1. The van der Waals surface area contributed by atoms with Gasteiger partial charge in [0.1, 0.15) is 5.69 Å². The van der Waals surface area contributed by atoms with Gasteiger partial charge < -0.3 is 10.6 Å². The van der Waals surface area contributed by atoms with Gasteiger partial charge >= 0.3 is 0 Å². The summed E-state index contributed by atoms with van der Waals surface area (Å²) in [6, 6.07) is 22.1. The van der Waals surface area contributed by atoms with Crippen molar-refractivity contribution in [3.8, 4) is 12.1 Å². The Labute approximate surface area is 224 Å². The maximum absolute atomic E-state index is 12.3. The molecule has 3 heterocycles. The average Bonchev–Trinajstić information content (AvgIpc) is 2.98. The molecule has 1 aromatic heterocycles. The van der Waals surface area contributed by atoms with Crippen LogP contribution in [0, 0.1) is 22.7 Å². The lowest BCUT2D eigenvalue weighted by Gasteiger charge is -2.35. The zero-order chi connectivity index (χ0) is 26.5. The number of hydrogen-bond acceptors (Lipinski definition) is 6. The Morgan fingerprint density at radius 1 is 0.868 bits per heavy atom. The predicted molar refractivity (Wildman–Crippen MR) is 147 cm³/mol. The number of benzene rings is 2. The van der Waals surface area contributed by atoms with E-state index in [0.29, 0.717) is 22.7 Å². The van der Waals surface area contributed by atoms with Crippen LogP contribution in [0.15, 0.2) is 60.8 Å². The Kier molecular flexibility index (Phi) is 7.67. The molecule has 192 valence electrons. The van der Waals surface area contributed by atoms with Gasteiger partial charge in [-0.2, -0.15) is 10.5 Å². The molecule has 1 amide bonds. The number of amides is 1. The molecule has 2 fully saturated rings. The highest BCUT2D eigenvalue weighted by Crippen LogP contribution is 2.35. The highest BCUT2D eigenvalue weighted by molar-refractivity contribution is 5.92. The Balaban J connectivity index is 1.23. The standard InChI is InChI=1S/C31H32N6O/c32-18-22-1-3-24(4-2-22)21-36-13-9-26(10-14-36)29-17-27(20-35-30(29)31(34)38)25-11-15-37(16-12-25)28-7-5-23(19-33)6-8-28/h1-8,17,20,25-26H,9-16,21H2,(H2,34,38). The van der Waals surface area contributed by atoms with Crippen molar-refractivity contribution in [2.75, 3.05) is 31.1 Å². The maximum Gasteiger partial charge on any atom is 0.267 e. The quantitative estimate of drug-likeness (QED) is 0.522. The van der Waals surface area contributed by atoms with E-state index in [1.165, 1.54) is 11.1 Å². The highest BCUT2D eigenvalue weighted by Gasteiger charge is 2.27. The van der Waals surface area contributed by atoms with Gasteiger partial charge in [0.2, 0.25) is 0 Å². The second-order valence-corrected chi connectivity index (χ2v) is 10.3. The fourth-order valence-electron chi connectivity index (χ4n) is 5.80. The van der Waals surface area contributed by atoms with Crippen molar-refractivity contribution in [1.82, 2.24) is 9.88 Å². The second-order valence-electron chi connectivity index (χ2n) is 10.3. The van der Waals surface area contributed by atoms with Crippen molar-refractivity contribution in [3.05, 3.63) is 94.3 Å². The molecule has 0 aliphatic carbocycles. The molecule has 0 bridgehead atoms. The third-order valence-electron chi connectivity index (χ3n) is 8.02. The van der Waals surface area contributed by atoms with E-state index in [2.05, 4.69) is 33.0 Å². The van der Waals surface area contributed by atoms with Crippen molar-refractivity contribution in [2.24, 2.45) is 5.73 Å². The number of carbonyl (C=O) groups is 1. The molecule has 3 aromatic rings. The molecular formula is C31H32N6O. The summed E-state index contributed by atoms with van der Waals surface area (Å²) < 4.78 is 0. The minimum atomic E-state index is -0.456. The van der Waals surface area contributed by atoms with Crippen molar-refractivity contribution in [2.45, 2.75) is 44.1 Å². The van der Waals surface area contributed by atoms with Gasteiger partial charge in [-0.05, 0) is 104 Å². The highest BCUT2D eigenvalue weighted by atomic mass is 16.1. The molecule has 2 aromatic carbocycles. The number of primary amides is 1. The number of rotatable bonds is 6. The fraction of sp³-hybridized carbons (Fsp3) is 0.355. The summed E-state index contributed by atoms with van der Waals surface area (Å²) in [6.45, 7) is 4.62. The van der Waals surface area contributed by atoms with Crippen molar-refractivity contribution in [3.63, 3.8) is 0 Å². The molecule has 0 unspecified atom stereocenters. The lowest BCUT2D eigenvalue weighted by molar-refractivity contribution is 0.0993. The zero-order valence-electron chi connectivity index (χ0n) is 21.5. The molecule has 2 saturated heterocycles. The molecule has 0 atom stereocenters. The topological polar surface area (TPSA) is 110 Å². The number of anilines is 1. The van der Waals surface area contributed by atoms with Crippen LogP contribution in [0.1, 0.15) is 75.8 Å². The third-order valence-corrected chi connectivity index (χ3v) is 8.02. The van der Waals surface area contributed by atoms with E-state index in [4.69, 9.17) is 16.3 Å². The average molecular weight is 505 g/mol. The largest absolute Gasteiger partial charge is 0.371 e. The molecule has 0 spiro atoms. The number of nitriles is 2. The van der Waals surface area contributed by atoms with E-state index in [1.807, 2.05) is 54.7 Å². The van der Waals surface area contributed by atoms with Crippen LogP contribution >= 0.6 is 0 Å². The van der Waals surface area contributed by atoms with Crippen LogP contribution in [0.25, 0.3) is 0 Å². The lowest BCUT2D eigenvalue weighted by atomic mass is 9.84. The van der Waals surface area contributed by atoms with Crippen molar-refractivity contribution in [1.29, 1.82) is 10.5 Å².